The van der Waals surface area contributed by atoms with Crippen molar-refractivity contribution in [2.24, 2.45) is 11.1 Å². The number of carbonyl (C=O) groups excluding carboxylic acids is 1. The van der Waals surface area contributed by atoms with Crippen LogP contribution in [0.2, 0.25) is 0 Å². The van der Waals surface area contributed by atoms with Gasteiger partial charge in [-0.2, -0.15) is 0 Å². The van der Waals surface area contributed by atoms with Crippen LogP contribution in [0, 0.1) is 5.41 Å². The Bertz CT molecular complexity index is 512. The van der Waals surface area contributed by atoms with Crippen LogP contribution in [0.25, 0.3) is 0 Å². The van der Waals surface area contributed by atoms with E-state index >= 15 is 0 Å². The summed E-state index contributed by atoms with van der Waals surface area (Å²) in [6.07, 6.45) is 3.27. The number of para-hydroxylation sites is 1. The molecule has 1 fully saturated rings. The third-order valence-corrected chi connectivity index (χ3v) is 4.07. The fraction of sp³-hybridized carbons (Fsp3) is 0.533. The Labute approximate surface area is 118 Å². The summed E-state index contributed by atoms with van der Waals surface area (Å²) in [5, 5.41) is 3.01. The van der Waals surface area contributed by atoms with E-state index in [-0.39, 0.29) is 11.3 Å². The van der Waals surface area contributed by atoms with Crippen LogP contribution in [-0.4, -0.2) is 32.2 Å². The van der Waals surface area contributed by atoms with Crippen molar-refractivity contribution in [2.75, 3.05) is 26.3 Å². The Kier molecular flexibility index (Phi) is 3.53. The standard InChI is InChI=1S/C15H20N2O3/c16-7-6-15(4-5-15)10-17-14(18)11-2-1-3-12-13(11)20-9-8-19-12/h1-3H,4-10,16H2,(H,17,18). The van der Waals surface area contributed by atoms with Crippen LogP contribution in [0.3, 0.4) is 0 Å². The molecule has 2 aliphatic rings. The Morgan fingerprint density at radius 1 is 1.30 bits per heavy atom. The van der Waals surface area contributed by atoms with Crippen LogP contribution in [0.1, 0.15) is 29.6 Å². The van der Waals surface area contributed by atoms with Gasteiger partial charge in [0, 0.05) is 6.54 Å². The molecule has 0 saturated heterocycles. The lowest BCUT2D eigenvalue weighted by atomic mass is 10.0. The molecule has 1 aromatic rings. The molecule has 0 spiro atoms. The minimum absolute atomic E-state index is 0.101. The number of rotatable bonds is 5. The molecule has 20 heavy (non-hydrogen) atoms. The molecule has 1 aromatic carbocycles. The zero-order chi connectivity index (χ0) is 14.0. The number of carbonyl (C=O) groups is 1. The van der Waals surface area contributed by atoms with Gasteiger partial charge in [0.1, 0.15) is 13.2 Å². The maximum absolute atomic E-state index is 12.3. The molecule has 3 rings (SSSR count). The monoisotopic (exact) mass is 276 g/mol. The molecule has 0 radical (unpaired) electrons. The van der Waals surface area contributed by atoms with Crippen molar-refractivity contribution in [1.82, 2.24) is 5.32 Å². The van der Waals surface area contributed by atoms with Crippen LogP contribution in [0.15, 0.2) is 18.2 Å². The summed E-state index contributed by atoms with van der Waals surface area (Å²) in [4.78, 5) is 12.3. The number of ether oxygens (including phenoxy) is 2. The van der Waals surface area contributed by atoms with Gasteiger partial charge in [0.15, 0.2) is 11.5 Å². The zero-order valence-electron chi connectivity index (χ0n) is 11.5. The van der Waals surface area contributed by atoms with E-state index in [2.05, 4.69) is 5.32 Å². The van der Waals surface area contributed by atoms with Gasteiger partial charge in [-0.05, 0) is 43.4 Å². The predicted octanol–water partition coefficient (Wildman–Crippen LogP) is 1.32. The number of hydrogen-bond acceptors (Lipinski definition) is 4. The van der Waals surface area contributed by atoms with Crippen LogP contribution in [-0.2, 0) is 0 Å². The molecule has 0 unspecified atom stereocenters. The average molecular weight is 276 g/mol. The number of nitrogens with two attached hydrogens (primary N) is 1. The molecule has 1 saturated carbocycles. The topological polar surface area (TPSA) is 73.6 Å². The zero-order valence-corrected chi connectivity index (χ0v) is 11.5. The lowest BCUT2D eigenvalue weighted by Crippen LogP contribution is -2.32. The highest BCUT2D eigenvalue weighted by Gasteiger charge is 2.41. The number of benzene rings is 1. The van der Waals surface area contributed by atoms with Crippen molar-refractivity contribution in [2.45, 2.75) is 19.3 Å². The Hall–Kier alpha value is -1.75. The van der Waals surface area contributed by atoms with Gasteiger partial charge in [-0.15, -0.1) is 0 Å². The quantitative estimate of drug-likeness (QED) is 0.850. The van der Waals surface area contributed by atoms with Crippen molar-refractivity contribution in [3.8, 4) is 11.5 Å². The number of nitrogens with one attached hydrogen (secondary N) is 1. The summed E-state index contributed by atoms with van der Waals surface area (Å²) in [5.41, 5.74) is 6.39. The lowest BCUT2D eigenvalue weighted by Gasteiger charge is -2.21. The van der Waals surface area contributed by atoms with E-state index in [0.717, 1.165) is 19.3 Å². The molecule has 5 heteroatoms. The number of fused-ring (bicyclic) bond motifs is 1. The summed E-state index contributed by atoms with van der Waals surface area (Å²) in [6.45, 7) is 2.37. The Balaban J connectivity index is 1.68. The Morgan fingerprint density at radius 2 is 2.10 bits per heavy atom. The average Bonchev–Trinajstić information content (AvgIpc) is 3.25. The summed E-state index contributed by atoms with van der Waals surface area (Å²) >= 11 is 0. The first-order valence-electron chi connectivity index (χ1n) is 7.11. The molecule has 0 bridgehead atoms. The Morgan fingerprint density at radius 3 is 2.85 bits per heavy atom. The molecule has 5 nitrogen and oxygen atoms in total. The predicted molar refractivity (Wildman–Crippen MR) is 75.1 cm³/mol. The van der Waals surface area contributed by atoms with Gasteiger partial charge >= 0.3 is 0 Å². The van der Waals surface area contributed by atoms with Gasteiger partial charge in [0.05, 0.1) is 5.56 Å². The van der Waals surface area contributed by atoms with Crippen molar-refractivity contribution in [3.05, 3.63) is 23.8 Å². The second kappa shape index (κ2) is 5.32. The van der Waals surface area contributed by atoms with E-state index in [0.29, 0.717) is 43.4 Å². The highest BCUT2D eigenvalue weighted by molar-refractivity contribution is 5.97. The number of amides is 1. The first kappa shape index (κ1) is 13.2. The summed E-state index contributed by atoms with van der Waals surface area (Å²) in [5.74, 6) is 1.10. The fourth-order valence-electron chi connectivity index (χ4n) is 2.61. The molecule has 1 heterocycles. The molecule has 1 aliphatic carbocycles. The smallest absolute Gasteiger partial charge is 0.255 e. The third kappa shape index (κ3) is 2.58. The summed E-state index contributed by atoms with van der Waals surface area (Å²) in [7, 11) is 0. The van der Waals surface area contributed by atoms with Crippen LogP contribution in [0.4, 0.5) is 0 Å². The molecule has 1 amide bonds. The van der Waals surface area contributed by atoms with E-state index in [1.54, 1.807) is 6.07 Å². The van der Waals surface area contributed by atoms with Crippen LogP contribution in [0.5, 0.6) is 11.5 Å². The van der Waals surface area contributed by atoms with Crippen LogP contribution < -0.4 is 20.5 Å². The molecule has 0 atom stereocenters. The first-order chi connectivity index (χ1) is 9.74. The number of hydrogen-bond donors (Lipinski definition) is 2. The summed E-state index contributed by atoms with van der Waals surface area (Å²) in [6, 6.07) is 5.41. The third-order valence-electron chi connectivity index (χ3n) is 4.07. The minimum Gasteiger partial charge on any atom is -0.486 e. The molecular weight excluding hydrogens is 256 g/mol. The van der Waals surface area contributed by atoms with Gasteiger partial charge in [-0.3, -0.25) is 4.79 Å². The van der Waals surface area contributed by atoms with Crippen molar-refractivity contribution in [1.29, 1.82) is 0 Å². The molecule has 1 aliphatic heterocycles. The van der Waals surface area contributed by atoms with E-state index in [1.165, 1.54) is 0 Å². The molecule has 108 valence electrons. The van der Waals surface area contributed by atoms with Crippen molar-refractivity contribution < 1.29 is 14.3 Å². The highest BCUT2D eigenvalue weighted by atomic mass is 16.6. The largest absolute Gasteiger partial charge is 0.486 e. The fourth-order valence-corrected chi connectivity index (χ4v) is 2.61. The van der Waals surface area contributed by atoms with Gasteiger partial charge in [-0.25, -0.2) is 0 Å². The maximum Gasteiger partial charge on any atom is 0.255 e. The van der Waals surface area contributed by atoms with E-state index < -0.39 is 0 Å². The SMILES string of the molecule is NCCC1(CNC(=O)c2cccc3c2OCCO3)CC1. The molecule has 0 aromatic heterocycles. The second-order valence-electron chi connectivity index (χ2n) is 5.55. The normalized spacial score (nSPS) is 18.4. The second-order valence-corrected chi connectivity index (χ2v) is 5.55. The van der Waals surface area contributed by atoms with Gasteiger partial charge in [0.25, 0.3) is 5.91 Å². The highest BCUT2D eigenvalue weighted by Crippen LogP contribution is 2.47. The molecule has 3 N–H and O–H groups in total. The summed E-state index contributed by atoms with van der Waals surface area (Å²) < 4.78 is 11.1. The van der Waals surface area contributed by atoms with Gasteiger partial charge < -0.3 is 20.5 Å². The van der Waals surface area contributed by atoms with Crippen molar-refractivity contribution >= 4 is 5.91 Å². The van der Waals surface area contributed by atoms with E-state index in [4.69, 9.17) is 15.2 Å². The van der Waals surface area contributed by atoms with Gasteiger partial charge in [-0.1, -0.05) is 6.07 Å². The first-order valence-corrected chi connectivity index (χ1v) is 7.11. The van der Waals surface area contributed by atoms with E-state index in [9.17, 15) is 4.79 Å². The minimum atomic E-state index is -0.101. The van der Waals surface area contributed by atoms with Crippen molar-refractivity contribution in [3.63, 3.8) is 0 Å². The lowest BCUT2D eigenvalue weighted by molar-refractivity contribution is 0.0933. The maximum atomic E-state index is 12.3. The van der Waals surface area contributed by atoms with Gasteiger partial charge in [0.2, 0.25) is 0 Å². The van der Waals surface area contributed by atoms with Crippen LogP contribution >= 0.6 is 0 Å². The molecular formula is C15H20N2O3. The van der Waals surface area contributed by atoms with E-state index in [1.807, 2.05) is 12.1 Å².